The second-order valence-corrected chi connectivity index (χ2v) is 18.9. The average Bonchev–Trinajstić information content (AvgIpc) is 3.91. The van der Waals surface area contributed by atoms with E-state index in [1.165, 1.54) is 4.90 Å². The number of hydrogen-bond acceptors (Lipinski definition) is 11. The molecule has 2 aromatic rings. The van der Waals surface area contributed by atoms with E-state index in [-0.39, 0.29) is 31.7 Å². The van der Waals surface area contributed by atoms with E-state index in [1.807, 2.05) is 34.6 Å². The highest BCUT2D eigenvalue weighted by Crippen LogP contribution is 2.58. The van der Waals surface area contributed by atoms with Gasteiger partial charge in [0.15, 0.2) is 5.78 Å². The number of likely N-dealkylation sites (tertiary alicyclic amines) is 1. The number of amides is 2. The van der Waals surface area contributed by atoms with Crippen molar-refractivity contribution in [2.45, 2.75) is 131 Å². The number of esters is 1. The molecule has 1 aromatic carbocycles. The molecule has 2 aliphatic carbocycles. The van der Waals surface area contributed by atoms with Gasteiger partial charge in [-0.2, -0.15) is 8.42 Å². The number of hydrogen-bond donors (Lipinski definition) is 1. The summed E-state index contributed by atoms with van der Waals surface area (Å²) < 4.78 is 50.8. The first-order valence-electron chi connectivity index (χ1n) is 18.7. The third-order valence-electron chi connectivity index (χ3n) is 10.5. The number of nitrogens with one attached hydrogen (secondary N) is 1. The minimum absolute atomic E-state index is 0.00168. The van der Waals surface area contributed by atoms with Crippen molar-refractivity contribution in [3.8, 4) is 11.6 Å². The molecular weight excluding hydrogens is 738 g/mol. The molecule has 2 amide bonds. The highest BCUT2D eigenvalue weighted by Gasteiger charge is 2.62. The minimum atomic E-state index is -4.42. The fourth-order valence-corrected chi connectivity index (χ4v) is 8.67. The van der Waals surface area contributed by atoms with Crippen molar-refractivity contribution in [2.24, 2.45) is 22.7 Å². The lowest BCUT2D eigenvalue weighted by atomic mass is 9.77. The quantitative estimate of drug-likeness (QED) is 0.200. The van der Waals surface area contributed by atoms with Crippen LogP contribution >= 0.6 is 11.6 Å². The number of ether oxygens (including phenoxy) is 3. The molecule has 2 heterocycles. The fraction of sp³-hybridized carbons (Fsp3) is 0.667. The Kier molecular flexibility index (Phi) is 11.7. The van der Waals surface area contributed by atoms with E-state index in [4.69, 9.17) is 30.0 Å². The van der Waals surface area contributed by atoms with Gasteiger partial charge in [-0.25, -0.2) is 13.9 Å². The van der Waals surface area contributed by atoms with Gasteiger partial charge in [-0.05, 0) is 77.3 Å². The van der Waals surface area contributed by atoms with E-state index in [9.17, 15) is 27.6 Å². The van der Waals surface area contributed by atoms with Gasteiger partial charge in [0.1, 0.15) is 17.5 Å². The summed E-state index contributed by atoms with van der Waals surface area (Å²) in [7, 11) is -4.42. The standard InChI is InChI=1S/C39H54ClN3O10S/c1-10-23-20-39(23,35(47)42-54(48,49)53-38(9)15-16-38)21-29(44)28-17-24(51-30-19-31(50-11-2)41-33-25(30)13-12-14-27(33)40)22-43(28)34(46)26(36(3,4)5)18-32(45)52-37(6,7)8/h12-14,19,23-24,26,28H,10-11,15-18,20-22H2,1-9H3,(H,42,47)/t23-,24-,26-,28+,39-/m1/s1. The van der Waals surface area contributed by atoms with E-state index in [0.717, 1.165) is 0 Å². The van der Waals surface area contributed by atoms with Crippen molar-refractivity contribution < 1.29 is 46.0 Å². The smallest absolute Gasteiger partial charge is 0.362 e. The van der Waals surface area contributed by atoms with Crippen molar-refractivity contribution in [3.63, 3.8) is 0 Å². The molecule has 1 aromatic heterocycles. The number of aromatic nitrogens is 1. The predicted octanol–water partition coefficient (Wildman–Crippen LogP) is 6.33. The summed E-state index contributed by atoms with van der Waals surface area (Å²) >= 11 is 6.51. The average molecular weight is 792 g/mol. The molecule has 54 heavy (non-hydrogen) atoms. The number of benzene rings is 1. The number of ketones is 1. The number of Topliss-reactive ketones (excluding diaryl/α,β-unsaturated/α-hetero) is 1. The molecule has 1 saturated heterocycles. The Labute approximate surface area is 323 Å². The van der Waals surface area contributed by atoms with Gasteiger partial charge in [-0.15, -0.1) is 0 Å². The zero-order valence-electron chi connectivity index (χ0n) is 32.7. The van der Waals surface area contributed by atoms with Crippen LogP contribution in [0.2, 0.25) is 5.02 Å². The molecule has 5 atom stereocenters. The second-order valence-electron chi connectivity index (χ2n) is 17.2. The Hall–Kier alpha value is -3.49. The maximum atomic E-state index is 14.7. The lowest BCUT2D eigenvalue weighted by molar-refractivity contribution is -0.161. The van der Waals surface area contributed by atoms with Crippen molar-refractivity contribution in [1.29, 1.82) is 0 Å². The lowest BCUT2D eigenvalue weighted by Crippen LogP contribution is -2.49. The van der Waals surface area contributed by atoms with Crippen molar-refractivity contribution in [3.05, 3.63) is 29.3 Å². The van der Waals surface area contributed by atoms with Crippen LogP contribution in [0, 0.1) is 22.7 Å². The van der Waals surface area contributed by atoms with Crippen molar-refractivity contribution >= 4 is 56.4 Å². The first kappa shape index (κ1) is 41.7. The van der Waals surface area contributed by atoms with Crippen LogP contribution in [0.4, 0.5) is 0 Å². The van der Waals surface area contributed by atoms with Crippen molar-refractivity contribution in [2.75, 3.05) is 13.2 Å². The Bertz CT molecular complexity index is 1900. The van der Waals surface area contributed by atoms with Crippen LogP contribution < -0.4 is 14.2 Å². The minimum Gasteiger partial charge on any atom is -0.488 e. The lowest BCUT2D eigenvalue weighted by Gasteiger charge is -2.35. The van der Waals surface area contributed by atoms with E-state index < -0.39 is 74.0 Å². The molecule has 13 nitrogen and oxygen atoms in total. The van der Waals surface area contributed by atoms with Crippen LogP contribution in [0.1, 0.15) is 107 Å². The number of rotatable bonds is 15. The van der Waals surface area contributed by atoms with Crippen molar-refractivity contribution in [1.82, 2.24) is 14.6 Å². The number of halogens is 1. The Balaban J connectivity index is 1.47. The molecule has 15 heteroatoms. The third-order valence-corrected chi connectivity index (χ3v) is 11.9. The number of fused-ring (bicyclic) bond motifs is 1. The van der Waals surface area contributed by atoms with Gasteiger partial charge in [0, 0.05) is 24.3 Å². The summed E-state index contributed by atoms with van der Waals surface area (Å²) in [5.74, 6) is -2.59. The first-order valence-corrected chi connectivity index (χ1v) is 20.5. The van der Waals surface area contributed by atoms with Gasteiger partial charge in [0.05, 0.1) is 53.1 Å². The Morgan fingerprint density at radius 2 is 1.78 bits per heavy atom. The van der Waals surface area contributed by atoms with Crippen LogP contribution in [-0.4, -0.2) is 78.4 Å². The number of carbonyl (C=O) groups is 4. The van der Waals surface area contributed by atoms with Crippen LogP contribution in [0.15, 0.2) is 24.3 Å². The fourth-order valence-electron chi connectivity index (χ4n) is 7.28. The van der Waals surface area contributed by atoms with Gasteiger partial charge < -0.3 is 19.1 Å². The van der Waals surface area contributed by atoms with E-state index in [2.05, 4.69) is 9.71 Å². The topological polar surface area (TPSA) is 167 Å². The SMILES string of the molecule is CCOc1cc(O[C@@H]2C[C@@H](C(=O)C[C@]3(C(=O)NS(=O)(=O)OC4(C)CC4)C[C@H]3CC)N(C(=O)[C@@H](CC(=O)OC(C)(C)C)C(C)(C)C)C2)c2cccc(Cl)c2n1. The maximum absolute atomic E-state index is 14.7. The largest absolute Gasteiger partial charge is 0.488 e. The summed E-state index contributed by atoms with van der Waals surface area (Å²) in [6.45, 7) is 16.5. The molecule has 0 spiro atoms. The van der Waals surface area contributed by atoms with Gasteiger partial charge in [-0.3, -0.25) is 19.2 Å². The molecule has 3 aliphatic rings. The molecule has 1 aliphatic heterocycles. The third kappa shape index (κ3) is 9.65. The second kappa shape index (κ2) is 15.2. The molecule has 1 N–H and O–H groups in total. The summed E-state index contributed by atoms with van der Waals surface area (Å²) in [4.78, 5) is 62.0. The molecule has 5 rings (SSSR count). The van der Waals surface area contributed by atoms with Crippen LogP contribution in [0.25, 0.3) is 10.9 Å². The zero-order valence-corrected chi connectivity index (χ0v) is 34.3. The van der Waals surface area contributed by atoms with Gasteiger partial charge >= 0.3 is 16.3 Å². The number of para-hydroxylation sites is 1. The number of pyridine rings is 1. The first-order chi connectivity index (χ1) is 25.0. The molecule has 2 saturated carbocycles. The van der Waals surface area contributed by atoms with Gasteiger partial charge in [-0.1, -0.05) is 51.8 Å². The summed E-state index contributed by atoms with van der Waals surface area (Å²) in [6.07, 6.45) is 0.837. The van der Waals surface area contributed by atoms with Crippen LogP contribution in [-0.2, 0) is 38.4 Å². The Morgan fingerprint density at radius 1 is 1.09 bits per heavy atom. The molecule has 0 bridgehead atoms. The summed E-state index contributed by atoms with van der Waals surface area (Å²) in [6, 6.07) is 5.88. The van der Waals surface area contributed by atoms with E-state index >= 15 is 0 Å². The summed E-state index contributed by atoms with van der Waals surface area (Å²) in [5, 5.41) is 1.00. The molecule has 298 valence electrons. The van der Waals surface area contributed by atoms with Crippen LogP contribution in [0.3, 0.4) is 0 Å². The summed E-state index contributed by atoms with van der Waals surface area (Å²) in [5.41, 5.74) is -3.15. The van der Waals surface area contributed by atoms with E-state index in [1.54, 1.807) is 52.0 Å². The molecule has 0 radical (unpaired) electrons. The molecular formula is C39H54ClN3O10S. The monoisotopic (exact) mass is 791 g/mol. The van der Waals surface area contributed by atoms with Crippen LogP contribution in [0.5, 0.6) is 11.6 Å². The zero-order chi connectivity index (χ0) is 40.0. The van der Waals surface area contributed by atoms with Gasteiger partial charge in [0.2, 0.25) is 17.7 Å². The Morgan fingerprint density at radius 3 is 2.35 bits per heavy atom. The van der Waals surface area contributed by atoms with Gasteiger partial charge in [0.25, 0.3) is 0 Å². The predicted molar refractivity (Wildman–Crippen MR) is 202 cm³/mol. The maximum Gasteiger partial charge on any atom is 0.362 e. The number of nitrogens with zero attached hydrogens (tertiary/aromatic N) is 2. The highest BCUT2D eigenvalue weighted by molar-refractivity contribution is 7.85. The normalized spacial score (nSPS) is 24.1. The highest BCUT2D eigenvalue weighted by atomic mass is 35.5. The molecule has 3 fully saturated rings. The van der Waals surface area contributed by atoms with E-state index in [0.29, 0.717) is 59.8 Å². The number of carbonyl (C=O) groups excluding carboxylic acids is 4. The molecule has 0 unspecified atom stereocenters.